The molecule has 0 unspecified atom stereocenters. The van der Waals surface area contributed by atoms with Crippen LogP contribution < -0.4 is 0 Å². The molecule has 0 fully saturated rings. The first-order chi connectivity index (χ1) is 19.6. The van der Waals surface area contributed by atoms with Crippen molar-refractivity contribution in [2.75, 3.05) is 13.2 Å². The molecule has 0 bridgehead atoms. The summed E-state index contributed by atoms with van der Waals surface area (Å²) in [5, 5.41) is 9.50. The van der Waals surface area contributed by atoms with E-state index < -0.39 is 6.10 Å². The Balaban J connectivity index is 3.56. The van der Waals surface area contributed by atoms with Crippen LogP contribution in [0.3, 0.4) is 0 Å². The summed E-state index contributed by atoms with van der Waals surface area (Å²) in [7, 11) is 0. The number of allylic oxidation sites excluding steroid dienone is 2. The molecule has 0 aromatic carbocycles. The molecule has 0 saturated heterocycles. The molecule has 0 spiro atoms. The number of esters is 2. The second-order valence-corrected chi connectivity index (χ2v) is 11.6. The molecule has 5 nitrogen and oxygen atoms in total. The van der Waals surface area contributed by atoms with Gasteiger partial charge in [-0.25, -0.2) is 0 Å². The highest BCUT2D eigenvalue weighted by molar-refractivity contribution is 5.70. The average molecular weight is 567 g/mol. The molecule has 0 saturated carbocycles. The zero-order valence-electron chi connectivity index (χ0n) is 26.6. The number of carbonyl (C=O) groups is 2. The predicted molar refractivity (Wildman–Crippen MR) is 168 cm³/mol. The minimum atomic E-state index is -0.765. The molecule has 0 aromatic rings. The van der Waals surface area contributed by atoms with Crippen LogP contribution in [0.15, 0.2) is 12.2 Å². The van der Waals surface area contributed by atoms with Crippen LogP contribution in [0, 0.1) is 0 Å². The third-order valence-electron chi connectivity index (χ3n) is 7.56. The van der Waals surface area contributed by atoms with Gasteiger partial charge in [0.15, 0.2) is 6.10 Å². The minimum absolute atomic E-state index is 0.0624. The van der Waals surface area contributed by atoms with E-state index in [1.807, 2.05) is 0 Å². The second-order valence-electron chi connectivity index (χ2n) is 11.6. The van der Waals surface area contributed by atoms with Gasteiger partial charge in [-0.2, -0.15) is 0 Å². The molecule has 0 aromatic heterocycles. The monoisotopic (exact) mass is 566 g/mol. The number of aliphatic hydroxyl groups excluding tert-OH is 1. The molecule has 0 amide bonds. The van der Waals surface area contributed by atoms with Crippen molar-refractivity contribution in [2.24, 2.45) is 0 Å². The number of hydrogen-bond acceptors (Lipinski definition) is 5. The molecule has 1 atom stereocenters. The maximum atomic E-state index is 12.1. The summed E-state index contributed by atoms with van der Waals surface area (Å²) in [5.74, 6) is -0.592. The fourth-order valence-electron chi connectivity index (χ4n) is 4.90. The number of aliphatic hydroxyl groups is 1. The Kier molecular flexibility index (Phi) is 31.1. The summed E-state index contributed by atoms with van der Waals surface area (Å²) in [6.07, 6.45) is 34.0. The van der Waals surface area contributed by atoms with Gasteiger partial charge in [0.2, 0.25) is 0 Å². The molecule has 0 heterocycles. The van der Waals surface area contributed by atoms with Crippen LogP contribution in [0.25, 0.3) is 0 Å². The van der Waals surface area contributed by atoms with Crippen molar-refractivity contribution >= 4 is 11.9 Å². The van der Waals surface area contributed by atoms with E-state index in [4.69, 9.17) is 9.47 Å². The lowest BCUT2D eigenvalue weighted by molar-refractivity contribution is -0.161. The van der Waals surface area contributed by atoms with Crippen LogP contribution >= 0.6 is 0 Å². The number of hydrogen-bond donors (Lipinski definition) is 1. The first-order valence-corrected chi connectivity index (χ1v) is 17.2. The zero-order valence-corrected chi connectivity index (χ0v) is 26.6. The fourth-order valence-corrected chi connectivity index (χ4v) is 4.90. The molecule has 0 aliphatic heterocycles. The van der Waals surface area contributed by atoms with Gasteiger partial charge in [-0.15, -0.1) is 0 Å². The van der Waals surface area contributed by atoms with Gasteiger partial charge in [0.05, 0.1) is 6.61 Å². The van der Waals surface area contributed by atoms with Crippen molar-refractivity contribution in [2.45, 2.75) is 187 Å². The van der Waals surface area contributed by atoms with E-state index in [2.05, 4.69) is 26.0 Å². The molecule has 5 heteroatoms. The van der Waals surface area contributed by atoms with Crippen LogP contribution in [-0.4, -0.2) is 36.4 Å². The summed E-state index contributed by atoms with van der Waals surface area (Å²) >= 11 is 0. The highest BCUT2D eigenvalue weighted by Gasteiger charge is 2.16. The zero-order chi connectivity index (χ0) is 29.4. The number of carbonyl (C=O) groups excluding carboxylic acids is 2. The SMILES string of the molecule is CCCCCCC=CCCCCCCCCCC(=O)O[C@@H](CO)COC(=O)CCCCCCCCCCCCC. The lowest BCUT2D eigenvalue weighted by atomic mass is 10.1. The molecule has 0 aliphatic rings. The van der Waals surface area contributed by atoms with E-state index in [1.54, 1.807) is 0 Å². The van der Waals surface area contributed by atoms with Gasteiger partial charge in [0.1, 0.15) is 6.61 Å². The molecule has 0 rings (SSSR count). The molecular weight excluding hydrogens is 500 g/mol. The summed E-state index contributed by atoms with van der Waals surface area (Å²) < 4.78 is 10.5. The highest BCUT2D eigenvalue weighted by atomic mass is 16.6. The number of unbranched alkanes of at least 4 members (excludes halogenated alkanes) is 21. The van der Waals surface area contributed by atoms with Crippen molar-refractivity contribution in [3.05, 3.63) is 12.2 Å². The maximum absolute atomic E-state index is 12.1. The van der Waals surface area contributed by atoms with Crippen molar-refractivity contribution in [3.8, 4) is 0 Å². The smallest absolute Gasteiger partial charge is 0.306 e. The molecule has 0 aliphatic carbocycles. The molecule has 236 valence electrons. The summed E-state index contributed by atoms with van der Waals surface area (Å²) in [5.41, 5.74) is 0. The largest absolute Gasteiger partial charge is 0.462 e. The van der Waals surface area contributed by atoms with E-state index in [-0.39, 0.29) is 25.2 Å². The quantitative estimate of drug-likeness (QED) is 0.0513. The lowest BCUT2D eigenvalue weighted by Crippen LogP contribution is -2.28. The fraction of sp³-hybridized carbons (Fsp3) is 0.886. The standard InChI is InChI=1S/C35H66O5/c1-3-5-7-9-11-13-15-16-17-18-20-22-24-26-28-30-35(38)40-33(31-36)32-39-34(37)29-27-25-23-21-19-14-12-10-8-6-4-2/h13,15,33,36H,3-12,14,16-32H2,1-2H3/t33-/m0/s1. The number of rotatable bonds is 31. The molecule has 40 heavy (non-hydrogen) atoms. The first kappa shape index (κ1) is 38.6. The van der Waals surface area contributed by atoms with Gasteiger partial charge in [0, 0.05) is 12.8 Å². The minimum Gasteiger partial charge on any atom is -0.462 e. The van der Waals surface area contributed by atoms with Gasteiger partial charge in [-0.05, 0) is 38.5 Å². The van der Waals surface area contributed by atoms with Gasteiger partial charge >= 0.3 is 11.9 Å². The Morgan fingerprint density at radius 2 is 0.925 bits per heavy atom. The Bertz CT molecular complexity index is 574. The Morgan fingerprint density at radius 3 is 1.38 bits per heavy atom. The first-order valence-electron chi connectivity index (χ1n) is 17.2. The average Bonchev–Trinajstić information content (AvgIpc) is 2.96. The maximum Gasteiger partial charge on any atom is 0.306 e. The number of ether oxygens (including phenoxy) is 2. The van der Waals surface area contributed by atoms with Crippen LogP contribution in [0.5, 0.6) is 0 Å². The van der Waals surface area contributed by atoms with Crippen molar-refractivity contribution < 1.29 is 24.2 Å². The van der Waals surface area contributed by atoms with Crippen molar-refractivity contribution in [1.82, 2.24) is 0 Å². The Hall–Kier alpha value is -1.36. The van der Waals surface area contributed by atoms with E-state index in [0.717, 1.165) is 38.5 Å². The Morgan fingerprint density at radius 1 is 0.550 bits per heavy atom. The van der Waals surface area contributed by atoms with E-state index in [1.165, 1.54) is 116 Å². The van der Waals surface area contributed by atoms with Gasteiger partial charge in [0.25, 0.3) is 0 Å². The third kappa shape index (κ3) is 29.6. The normalized spacial score (nSPS) is 12.2. The lowest BCUT2D eigenvalue weighted by Gasteiger charge is -2.15. The predicted octanol–water partition coefficient (Wildman–Crippen LogP) is 10.2. The summed E-state index contributed by atoms with van der Waals surface area (Å²) in [6, 6.07) is 0. The molecule has 0 radical (unpaired) electrons. The van der Waals surface area contributed by atoms with Crippen LogP contribution in [-0.2, 0) is 19.1 Å². The van der Waals surface area contributed by atoms with Gasteiger partial charge < -0.3 is 14.6 Å². The van der Waals surface area contributed by atoms with E-state index in [0.29, 0.717) is 12.8 Å². The van der Waals surface area contributed by atoms with E-state index >= 15 is 0 Å². The second kappa shape index (κ2) is 32.2. The topological polar surface area (TPSA) is 72.8 Å². The van der Waals surface area contributed by atoms with Crippen LogP contribution in [0.2, 0.25) is 0 Å². The van der Waals surface area contributed by atoms with Crippen molar-refractivity contribution in [1.29, 1.82) is 0 Å². The highest BCUT2D eigenvalue weighted by Crippen LogP contribution is 2.13. The summed E-state index contributed by atoms with van der Waals surface area (Å²) in [6.45, 7) is 4.11. The Labute approximate surface area is 248 Å². The van der Waals surface area contributed by atoms with Crippen LogP contribution in [0.1, 0.15) is 181 Å². The van der Waals surface area contributed by atoms with Gasteiger partial charge in [-0.3, -0.25) is 9.59 Å². The third-order valence-corrected chi connectivity index (χ3v) is 7.56. The van der Waals surface area contributed by atoms with Crippen molar-refractivity contribution in [3.63, 3.8) is 0 Å². The summed E-state index contributed by atoms with van der Waals surface area (Å²) in [4.78, 5) is 24.1. The van der Waals surface area contributed by atoms with E-state index in [9.17, 15) is 14.7 Å². The van der Waals surface area contributed by atoms with Gasteiger partial charge in [-0.1, -0.05) is 142 Å². The van der Waals surface area contributed by atoms with Crippen LogP contribution in [0.4, 0.5) is 0 Å². The molecule has 1 N–H and O–H groups in total. The molecular formula is C35H66O5.